The maximum absolute atomic E-state index is 11.3. The van der Waals surface area contributed by atoms with Crippen LogP contribution in [-0.4, -0.2) is 46.3 Å². The highest BCUT2D eigenvalue weighted by Crippen LogP contribution is 2.19. The Balaban J connectivity index is 1.76. The van der Waals surface area contributed by atoms with Gasteiger partial charge in [-0.3, -0.25) is 9.89 Å². The lowest BCUT2D eigenvalue weighted by atomic mass is 10.1. The van der Waals surface area contributed by atoms with Gasteiger partial charge in [-0.1, -0.05) is 0 Å². The minimum absolute atomic E-state index is 0.143. The van der Waals surface area contributed by atoms with Gasteiger partial charge >= 0.3 is 0 Å². The first-order chi connectivity index (χ1) is 9.76. The first-order valence-corrected chi connectivity index (χ1v) is 6.80. The van der Waals surface area contributed by atoms with Gasteiger partial charge in [0.1, 0.15) is 0 Å². The number of nitrogens with one attached hydrogen (secondary N) is 3. The SMILES string of the molecule is CNC1CCN(c2n[nH]c(-c3cc[nH]c(=O)c3)n2)CC1. The predicted molar refractivity (Wildman–Crippen MR) is 76.7 cm³/mol. The Hall–Kier alpha value is -2.15. The fourth-order valence-corrected chi connectivity index (χ4v) is 2.48. The van der Waals surface area contributed by atoms with Gasteiger partial charge in [0.05, 0.1) is 0 Å². The molecule has 106 valence electrons. The molecular weight excluding hydrogens is 256 g/mol. The van der Waals surface area contributed by atoms with Gasteiger partial charge < -0.3 is 15.2 Å². The van der Waals surface area contributed by atoms with Crippen molar-refractivity contribution < 1.29 is 0 Å². The molecule has 0 bridgehead atoms. The van der Waals surface area contributed by atoms with Crippen molar-refractivity contribution in [1.82, 2.24) is 25.5 Å². The van der Waals surface area contributed by atoms with Crippen LogP contribution >= 0.6 is 0 Å². The summed E-state index contributed by atoms with van der Waals surface area (Å²) in [5.74, 6) is 1.33. The molecule has 0 spiro atoms. The molecule has 0 radical (unpaired) electrons. The highest BCUT2D eigenvalue weighted by molar-refractivity contribution is 5.55. The number of piperidine rings is 1. The van der Waals surface area contributed by atoms with Crippen LogP contribution in [0.5, 0.6) is 0 Å². The normalized spacial score (nSPS) is 16.6. The Morgan fingerprint density at radius 2 is 2.20 bits per heavy atom. The minimum atomic E-state index is -0.143. The van der Waals surface area contributed by atoms with Gasteiger partial charge in [0.25, 0.3) is 0 Å². The molecule has 0 amide bonds. The number of nitrogens with zero attached hydrogens (tertiary/aromatic N) is 3. The van der Waals surface area contributed by atoms with Gasteiger partial charge in [0.2, 0.25) is 11.5 Å². The van der Waals surface area contributed by atoms with Crippen molar-refractivity contribution in [3.05, 3.63) is 28.7 Å². The summed E-state index contributed by atoms with van der Waals surface area (Å²) in [5.41, 5.74) is 0.605. The Kier molecular flexibility index (Phi) is 3.51. The molecule has 2 aromatic heterocycles. The van der Waals surface area contributed by atoms with Crippen LogP contribution in [0, 0.1) is 0 Å². The number of aromatic amines is 2. The number of hydrogen-bond donors (Lipinski definition) is 3. The average molecular weight is 274 g/mol. The lowest BCUT2D eigenvalue weighted by Gasteiger charge is -2.30. The molecule has 2 aromatic rings. The van der Waals surface area contributed by atoms with Crippen molar-refractivity contribution >= 4 is 5.95 Å². The summed E-state index contributed by atoms with van der Waals surface area (Å²) in [4.78, 5) is 20.5. The molecule has 3 N–H and O–H groups in total. The molecule has 7 heteroatoms. The molecule has 7 nitrogen and oxygen atoms in total. The van der Waals surface area contributed by atoms with Crippen LogP contribution in [0.1, 0.15) is 12.8 Å². The van der Waals surface area contributed by atoms with Crippen molar-refractivity contribution in [3.8, 4) is 11.4 Å². The standard InChI is InChI=1S/C13H18N6O/c1-14-10-3-6-19(7-4-10)13-16-12(17-18-13)9-2-5-15-11(20)8-9/h2,5,8,10,14H,3-4,6-7H2,1H3,(H,15,20)(H,16,17,18). The van der Waals surface area contributed by atoms with Crippen LogP contribution in [0.3, 0.4) is 0 Å². The second-order valence-electron chi connectivity index (χ2n) is 4.98. The summed E-state index contributed by atoms with van der Waals surface area (Å²) in [6.45, 7) is 1.89. The third-order valence-electron chi connectivity index (χ3n) is 3.71. The summed E-state index contributed by atoms with van der Waals surface area (Å²) in [7, 11) is 2.00. The van der Waals surface area contributed by atoms with E-state index in [1.54, 1.807) is 12.3 Å². The molecule has 1 aliphatic heterocycles. The monoisotopic (exact) mass is 274 g/mol. The highest BCUT2D eigenvalue weighted by Gasteiger charge is 2.20. The van der Waals surface area contributed by atoms with Gasteiger partial charge in [-0.25, -0.2) is 0 Å². The maximum Gasteiger partial charge on any atom is 0.248 e. The molecule has 0 atom stereocenters. The predicted octanol–water partition coefficient (Wildman–Crippen LogP) is 0.348. The van der Waals surface area contributed by atoms with Gasteiger partial charge in [-0.2, -0.15) is 4.98 Å². The molecule has 1 aliphatic rings. The van der Waals surface area contributed by atoms with Gasteiger partial charge in [0.15, 0.2) is 5.82 Å². The Bertz CT molecular complexity index is 626. The first kappa shape index (κ1) is 12.9. The second kappa shape index (κ2) is 5.46. The zero-order chi connectivity index (χ0) is 13.9. The lowest BCUT2D eigenvalue weighted by molar-refractivity contribution is 0.439. The zero-order valence-electron chi connectivity index (χ0n) is 11.4. The summed E-state index contributed by atoms with van der Waals surface area (Å²) >= 11 is 0. The van der Waals surface area contributed by atoms with E-state index in [-0.39, 0.29) is 5.56 Å². The van der Waals surface area contributed by atoms with Crippen LogP contribution < -0.4 is 15.8 Å². The molecular formula is C13H18N6O. The Morgan fingerprint density at radius 3 is 2.90 bits per heavy atom. The first-order valence-electron chi connectivity index (χ1n) is 6.80. The van der Waals surface area contributed by atoms with Crippen molar-refractivity contribution in [2.45, 2.75) is 18.9 Å². The summed E-state index contributed by atoms with van der Waals surface area (Å²) in [6, 6.07) is 3.90. The Labute approximate surface area is 116 Å². The fourth-order valence-electron chi connectivity index (χ4n) is 2.48. The van der Waals surface area contributed by atoms with Crippen LogP contribution in [0.2, 0.25) is 0 Å². The average Bonchev–Trinajstić information content (AvgIpc) is 2.97. The number of anilines is 1. The number of hydrogen-bond acceptors (Lipinski definition) is 5. The van der Waals surface area contributed by atoms with Crippen LogP contribution in [0.25, 0.3) is 11.4 Å². The minimum Gasteiger partial charge on any atom is -0.339 e. The van der Waals surface area contributed by atoms with Gasteiger partial charge in [0, 0.05) is 37.0 Å². The molecule has 3 rings (SSSR count). The molecule has 1 fully saturated rings. The molecule has 3 heterocycles. The smallest absolute Gasteiger partial charge is 0.248 e. The third-order valence-corrected chi connectivity index (χ3v) is 3.71. The number of rotatable bonds is 3. The highest BCUT2D eigenvalue weighted by atomic mass is 16.1. The number of aromatic nitrogens is 4. The molecule has 0 saturated carbocycles. The van der Waals surface area contributed by atoms with Gasteiger partial charge in [-0.15, -0.1) is 5.10 Å². The van der Waals surface area contributed by atoms with Crippen LogP contribution in [0.4, 0.5) is 5.95 Å². The van der Waals surface area contributed by atoms with E-state index in [2.05, 4.69) is 30.4 Å². The molecule has 0 aromatic carbocycles. The van der Waals surface area contributed by atoms with Gasteiger partial charge in [-0.05, 0) is 26.0 Å². The van der Waals surface area contributed by atoms with Crippen molar-refractivity contribution in [2.75, 3.05) is 25.0 Å². The molecule has 0 unspecified atom stereocenters. The van der Waals surface area contributed by atoms with E-state index in [9.17, 15) is 4.79 Å². The topological polar surface area (TPSA) is 89.7 Å². The fraction of sp³-hybridized carbons (Fsp3) is 0.462. The summed E-state index contributed by atoms with van der Waals surface area (Å²) < 4.78 is 0. The van der Waals surface area contributed by atoms with E-state index in [4.69, 9.17) is 0 Å². The van der Waals surface area contributed by atoms with Crippen molar-refractivity contribution in [2.24, 2.45) is 0 Å². The summed E-state index contributed by atoms with van der Waals surface area (Å²) in [6.07, 6.45) is 3.79. The van der Waals surface area contributed by atoms with Crippen LogP contribution in [0.15, 0.2) is 23.1 Å². The number of H-pyrrole nitrogens is 2. The van der Waals surface area contributed by atoms with E-state index in [0.717, 1.165) is 31.5 Å². The van der Waals surface area contributed by atoms with Crippen molar-refractivity contribution in [3.63, 3.8) is 0 Å². The van der Waals surface area contributed by atoms with Crippen LogP contribution in [-0.2, 0) is 0 Å². The third kappa shape index (κ3) is 2.57. The molecule has 0 aliphatic carbocycles. The van der Waals surface area contributed by atoms with Crippen molar-refractivity contribution in [1.29, 1.82) is 0 Å². The molecule has 1 saturated heterocycles. The van der Waals surface area contributed by atoms with E-state index in [1.165, 1.54) is 6.07 Å². The second-order valence-corrected chi connectivity index (χ2v) is 4.98. The quantitative estimate of drug-likeness (QED) is 0.751. The van der Waals surface area contributed by atoms with E-state index >= 15 is 0 Å². The Morgan fingerprint density at radius 1 is 1.40 bits per heavy atom. The van der Waals surface area contributed by atoms with E-state index in [0.29, 0.717) is 17.8 Å². The molecule has 20 heavy (non-hydrogen) atoms. The van der Waals surface area contributed by atoms with E-state index in [1.807, 2.05) is 7.05 Å². The maximum atomic E-state index is 11.3. The summed E-state index contributed by atoms with van der Waals surface area (Å²) in [5, 5.41) is 10.5. The zero-order valence-corrected chi connectivity index (χ0v) is 11.4. The lowest BCUT2D eigenvalue weighted by Crippen LogP contribution is -2.41. The largest absolute Gasteiger partial charge is 0.339 e. The number of pyridine rings is 1. The van der Waals surface area contributed by atoms with E-state index < -0.39 is 0 Å².